The molecule has 1 aliphatic heterocycles. The molecule has 144 valence electrons. The minimum Gasteiger partial charge on any atom is -0.490 e. The van der Waals surface area contributed by atoms with Gasteiger partial charge in [0.2, 0.25) is 0 Å². The lowest BCUT2D eigenvalue weighted by molar-refractivity contribution is 0.0395. The monoisotopic (exact) mass is 414 g/mol. The summed E-state index contributed by atoms with van der Waals surface area (Å²) in [6.07, 6.45) is -0.452. The van der Waals surface area contributed by atoms with Crippen molar-refractivity contribution in [1.29, 1.82) is 0 Å². The Labute approximate surface area is 160 Å². The van der Waals surface area contributed by atoms with E-state index in [2.05, 4.69) is 0 Å². The Morgan fingerprint density at radius 3 is 2.48 bits per heavy atom. The van der Waals surface area contributed by atoms with Crippen LogP contribution < -0.4 is 4.74 Å². The predicted octanol–water partition coefficient (Wildman–Crippen LogP) is 3.84. The number of hydrogen-bond donors (Lipinski definition) is 1. The first-order valence-electron chi connectivity index (χ1n) is 8.57. The van der Waals surface area contributed by atoms with Crippen LogP contribution in [0.5, 0.6) is 5.75 Å². The van der Waals surface area contributed by atoms with Gasteiger partial charge in [-0.1, -0.05) is 11.6 Å². The summed E-state index contributed by atoms with van der Waals surface area (Å²) in [6.45, 7) is -0.114. The molecule has 2 aromatic carbocycles. The van der Waals surface area contributed by atoms with Crippen LogP contribution in [0.2, 0.25) is 5.02 Å². The number of fused-ring (bicyclic) bond motifs is 3. The summed E-state index contributed by atoms with van der Waals surface area (Å²) in [7, 11) is -4.13. The maximum absolute atomic E-state index is 14.9. The number of ether oxygens (including phenoxy) is 1. The zero-order valence-corrected chi connectivity index (χ0v) is 15.7. The summed E-state index contributed by atoms with van der Waals surface area (Å²) < 4.78 is 60.4. The lowest BCUT2D eigenvalue weighted by atomic mass is 9.72. The normalized spacial score (nSPS) is 27.4. The highest BCUT2D eigenvalue weighted by Crippen LogP contribution is 2.56. The third kappa shape index (κ3) is 2.67. The summed E-state index contributed by atoms with van der Waals surface area (Å²) in [5.41, 5.74) is -0.277. The van der Waals surface area contributed by atoms with Crippen molar-refractivity contribution in [1.82, 2.24) is 0 Å². The fraction of sp³-hybridized carbons (Fsp3) is 0.368. The maximum Gasteiger partial charge on any atom is 0.188 e. The molecular formula is C19H17ClF2O4S. The van der Waals surface area contributed by atoms with Crippen LogP contribution in [0.3, 0.4) is 0 Å². The quantitative estimate of drug-likeness (QED) is 0.811. The van der Waals surface area contributed by atoms with E-state index in [1.54, 1.807) is 0 Å². The van der Waals surface area contributed by atoms with Gasteiger partial charge in [0.15, 0.2) is 21.4 Å². The van der Waals surface area contributed by atoms with E-state index in [9.17, 15) is 22.3 Å². The van der Waals surface area contributed by atoms with Gasteiger partial charge in [0.25, 0.3) is 0 Å². The van der Waals surface area contributed by atoms with Gasteiger partial charge in [-0.2, -0.15) is 0 Å². The van der Waals surface area contributed by atoms with Crippen LogP contribution in [0.25, 0.3) is 0 Å². The van der Waals surface area contributed by atoms with Crippen LogP contribution in [0.1, 0.15) is 24.8 Å². The molecule has 4 nitrogen and oxygen atoms in total. The number of sulfone groups is 1. The molecule has 1 aliphatic carbocycles. The van der Waals surface area contributed by atoms with E-state index < -0.39 is 38.2 Å². The maximum atomic E-state index is 14.9. The Morgan fingerprint density at radius 2 is 1.78 bits per heavy atom. The average Bonchev–Trinajstić information content (AvgIpc) is 2.64. The van der Waals surface area contributed by atoms with Gasteiger partial charge in [0, 0.05) is 10.9 Å². The second-order valence-electron chi connectivity index (χ2n) is 7.02. The molecule has 0 aromatic heterocycles. The van der Waals surface area contributed by atoms with Crippen LogP contribution >= 0.6 is 11.6 Å². The van der Waals surface area contributed by atoms with Crippen LogP contribution in [0.4, 0.5) is 8.78 Å². The number of aliphatic hydroxyl groups is 1. The Bertz CT molecular complexity index is 994. The molecule has 4 rings (SSSR count). The van der Waals surface area contributed by atoms with Gasteiger partial charge in [-0.3, -0.25) is 0 Å². The zero-order valence-electron chi connectivity index (χ0n) is 14.2. The summed E-state index contributed by atoms with van der Waals surface area (Å²) >= 11 is 5.87. The molecule has 1 fully saturated rings. The molecule has 0 radical (unpaired) electrons. The van der Waals surface area contributed by atoms with Crippen LogP contribution in [0, 0.1) is 17.6 Å². The Balaban J connectivity index is 2.02. The smallest absolute Gasteiger partial charge is 0.188 e. The summed E-state index contributed by atoms with van der Waals surface area (Å²) in [6, 6.07) is 7.46. The van der Waals surface area contributed by atoms with E-state index in [0.29, 0.717) is 5.02 Å². The van der Waals surface area contributed by atoms with E-state index in [1.165, 1.54) is 24.3 Å². The lowest BCUT2D eigenvalue weighted by Gasteiger charge is -2.48. The summed E-state index contributed by atoms with van der Waals surface area (Å²) in [4.78, 5) is -0.0233. The molecule has 2 aromatic rings. The third-order valence-corrected chi connectivity index (χ3v) is 8.42. The molecule has 1 saturated carbocycles. The molecule has 1 N–H and O–H groups in total. The summed E-state index contributed by atoms with van der Waals surface area (Å²) in [5.74, 6) is -2.70. The van der Waals surface area contributed by atoms with E-state index in [1.807, 2.05) is 0 Å². The highest BCUT2D eigenvalue weighted by atomic mass is 35.5. The number of rotatable bonds is 2. The van der Waals surface area contributed by atoms with Crippen molar-refractivity contribution in [3.05, 3.63) is 58.6 Å². The largest absolute Gasteiger partial charge is 0.490 e. The van der Waals surface area contributed by atoms with Crippen molar-refractivity contribution >= 4 is 21.4 Å². The van der Waals surface area contributed by atoms with E-state index in [0.717, 1.165) is 12.1 Å². The summed E-state index contributed by atoms with van der Waals surface area (Å²) in [5, 5.41) is 10.4. The van der Waals surface area contributed by atoms with Gasteiger partial charge >= 0.3 is 0 Å². The molecule has 1 unspecified atom stereocenters. The van der Waals surface area contributed by atoms with E-state index >= 15 is 0 Å². The molecule has 0 spiro atoms. The van der Waals surface area contributed by atoms with Gasteiger partial charge < -0.3 is 9.84 Å². The van der Waals surface area contributed by atoms with Gasteiger partial charge in [-0.05, 0) is 55.7 Å². The number of halogens is 3. The molecule has 0 bridgehead atoms. The first-order chi connectivity index (χ1) is 12.8. The predicted molar refractivity (Wildman–Crippen MR) is 95.5 cm³/mol. The first-order valence-corrected chi connectivity index (χ1v) is 10.4. The molecule has 27 heavy (non-hydrogen) atoms. The average molecular weight is 415 g/mol. The van der Waals surface area contributed by atoms with Gasteiger partial charge in [-0.15, -0.1) is 0 Å². The van der Waals surface area contributed by atoms with E-state index in [-0.39, 0.29) is 42.1 Å². The standard InChI is InChI=1S/C19H17ClF2O4S/c20-12-1-3-14(4-2-12)27(24,25)19-8-7-13(23)9-11(19)10-26-18-16(22)6-5-15(21)17(18)19/h1-6,11,13,23H,7-10H2/t11?,13-,19-/m1/s1. The topological polar surface area (TPSA) is 63.6 Å². The Kier molecular flexibility index (Phi) is 4.44. The molecule has 3 atom stereocenters. The van der Waals surface area contributed by atoms with Crippen molar-refractivity contribution in [3.63, 3.8) is 0 Å². The minimum absolute atomic E-state index is 0.0233. The zero-order chi connectivity index (χ0) is 19.4. The van der Waals surface area contributed by atoms with Crippen molar-refractivity contribution < 1.29 is 27.0 Å². The van der Waals surface area contributed by atoms with Gasteiger partial charge in [-0.25, -0.2) is 17.2 Å². The van der Waals surface area contributed by atoms with Crippen LogP contribution in [-0.4, -0.2) is 26.2 Å². The van der Waals surface area contributed by atoms with Crippen molar-refractivity contribution in [2.75, 3.05) is 6.61 Å². The highest BCUT2D eigenvalue weighted by Gasteiger charge is 2.59. The minimum atomic E-state index is -4.13. The fourth-order valence-corrected chi connectivity index (χ4v) is 6.81. The number of benzene rings is 2. The van der Waals surface area contributed by atoms with Crippen LogP contribution in [-0.2, 0) is 14.6 Å². The van der Waals surface area contributed by atoms with Crippen molar-refractivity contribution in [2.45, 2.75) is 35.0 Å². The first kappa shape index (κ1) is 18.7. The molecule has 0 saturated heterocycles. The fourth-order valence-electron chi connectivity index (χ4n) is 4.32. The Hall–Kier alpha value is -1.70. The second kappa shape index (κ2) is 6.43. The number of hydrogen-bond acceptors (Lipinski definition) is 4. The highest BCUT2D eigenvalue weighted by molar-refractivity contribution is 7.92. The SMILES string of the molecule is O=S(=O)(c1ccc(Cl)cc1)[C@]12CC[C@@H](O)CC1COc1c(F)ccc(F)c12. The Morgan fingerprint density at radius 1 is 1.11 bits per heavy atom. The molecule has 8 heteroatoms. The number of aliphatic hydroxyl groups excluding tert-OH is 1. The van der Waals surface area contributed by atoms with Gasteiger partial charge in [0.05, 0.1) is 23.2 Å². The second-order valence-corrected chi connectivity index (χ2v) is 9.66. The van der Waals surface area contributed by atoms with E-state index in [4.69, 9.17) is 16.3 Å². The molecule has 2 aliphatic rings. The van der Waals surface area contributed by atoms with Crippen LogP contribution in [0.15, 0.2) is 41.3 Å². The van der Waals surface area contributed by atoms with Crippen molar-refractivity contribution in [3.8, 4) is 5.75 Å². The molecule has 1 heterocycles. The van der Waals surface area contributed by atoms with Gasteiger partial charge in [0.1, 0.15) is 10.6 Å². The lowest BCUT2D eigenvalue weighted by Crippen LogP contribution is -2.53. The van der Waals surface area contributed by atoms with Crippen molar-refractivity contribution in [2.24, 2.45) is 5.92 Å². The molecular weight excluding hydrogens is 398 g/mol. The molecule has 0 amide bonds. The third-order valence-electron chi connectivity index (χ3n) is 5.58.